The maximum absolute atomic E-state index is 13.7. The van der Waals surface area contributed by atoms with Gasteiger partial charge in [-0.05, 0) is 55.8 Å². The van der Waals surface area contributed by atoms with E-state index in [0.29, 0.717) is 21.8 Å². The van der Waals surface area contributed by atoms with Gasteiger partial charge in [0.1, 0.15) is 23.1 Å². The van der Waals surface area contributed by atoms with Gasteiger partial charge in [-0.25, -0.2) is 14.2 Å². The number of esters is 1. The van der Waals surface area contributed by atoms with E-state index in [0.717, 1.165) is 11.3 Å². The zero-order valence-corrected chi connectivity index (χ0v) is 22.4. The number of allylic oxidation sites excluding steroid dienone is 1. The van der Waals surface area contributed by atoms with Crippen LogP contribution in [0.15, 0.2) is 80.1 Å². The third-order valence-electron chi connectivity index (χ3n) is 6.27. The molecule has 2 aromatic carbocycles. The molecule has 12 heteroatoms. The molecule has 0 spiro atoms. The minimum absolute atomic E-state index is 0.128. The van der Waals surface area contributed by atoms with Crippen LogP contribution in [0.5, 0.6) is 5.75 Å². The van der Waals surface area contributed by atoms with Crippen molar-refractivity contribution in [1.82, 2.24) is 4.57 Å². The maximum atomic E-state index is 13.7. The van der Waals surface area contributed by atoms with Crippen molar-refractivity contribution >= 4 is 29.1 Å². The number of nitro groups is 1. The second-order valence-electron chi connectivity index (χ2n) is 8.70. The first kappa shape index (κ1) is 26.8. The molecule has 1 aliphatic rings. The number of hydrogen-bond acceptors (Lipinski definition) is 9. The first-order valence-electron chi connectivity index (χ1n) is 12.1. The molecule has 10 nitrogen and oxygen atoms in total. The quantitative estimate of drug-likeness (QED) is 0.188. The van der Waals surface area contributed by atoms with Crippen molar-refractivity contribution in [3.63, 3.8) is 0 Å². The Kier molecular flexibility index (Phi) is 7.18. The van der Waals surface area contributed by atoms with Crippen molar-refractivity contribution in [3.05, 3.63) is 113 Å². The summed E-state index contributed by atoms with van der Waals surface area (Å²) in [5.41, 5.74) is 0.685. The number of methoxy groups -OCH3 is 1. The Hall–Kier alpha value is -4.84. The van der Waals surface area contributed by atoms with Crippen molar-refractivity contribution in [2.75, 3.05) is 13.7 Å². The summed E-state index contributed by atoms with van der Waals surface area (Å²) in [6.45, 7) is 3.46. The molecule has 5 rings (SSSR count). The zero-order valence-electron chi connectivity index (χ0n) is 21.5. The second-order valence-corrected chi connectivity index (χ2v) is 9.71. The zero-order chi connectivity index (χ0) is 28.6. The average molecular weight is 564 g/mol. The van der Waals surface area contributed by atoms with Crippen molar-refractivity contribution < 1.29 is 28.0 Å². The van der Waals surface area contributed by atoms with Gasteiger partial charge in [-0.1, -0.05) is 23.5 Å². The fourth-order valence-electron chi connectivity index (χ4n) is 4.45. The molecule has 204 valence electrons. The Morgan fingerprint density at radius 3 is 2.65 bits per heavy atom. The molecule has 1 aliphatic heterocycles. The molecule has 0 N–H and O–H groups in total. The van der Waals surface area contributed by atoms with Crippen LogP contribution in [-0.2, 0) is 9.53 Å². The van der Waals surface area contributed by atoms with E-state index in [9.17, 15) is 24.1 Å². The van der Waals surface area contributed by atoms with Gasteiger partial charge in [-0.3, -0.25) is 19.5 Å². The number of furan rings is 1. The molecular formula is C28H22FN3O7S. The predicted molar refractivity (Wildman–Crippen MR) is 144 cm³/mol. The molecule has 0 saturated heterocycles. The van der Waals surface area contributed by atoms with Crippen LogP contribution in [0.2, 0.25) is 0 Å². The fraction of sp³-hybridized carbons (Fsp3) is 0.179. The van der Waals surface area contributed by atoms with Crippen LogP contribution in [0, 0.1) is 15.9 Å². The number of ether oxygens (including phenoxy) is 2. The van der Waals surface area contributed by atoms with Crippen molar-refractivity contribution in [1.29, 1.82) is 0 Å². The molecule has 40 heavy (non-hydrogen) atoms. The van der Waals surface area contributed by atoms with E-state index < -0.39 is 28.3 Å². The summed E-state index contributed by atoms with van der Waals surface area (Å²) >= 11 is 1.09. The van der Waals surface area contributed by atoms with Crippen molar-refractivity contribution in [3.8, 4) is 17.1 Å². The summed E-state index contributed by atoms with van der Waals surface area (Å²) in [7, 11) is 1.41. The van der Waals surface area contributed by atoms with Gasteiger partial charge in [-0.2, -0.15) is 0 Å². The number of aromatic nitrogens is 1. The molecule has 0 amide bonds. The Balaban J connectivity index is 1.62. The van der Waals surface area contributed by atoms with E-state index in [-0.39, 0.29) is 39.5 Å². The van der Waals surface area contributed by atoms with Gasteiger partial charge in [0.05, 0.1) is 52.1 Å². The summed E-state index contributed by atoms with van der Waals surface area (Å²) in [4.78, 5) is 42.5. The Morgan fingerprint density at radius 2 is 1.98 bits per heavy atom. The van der Waals surface area contributed by atoms with Crippen LogP contribution >= 0.6 is 11.3 Å². The van der Waals surface area contributed by atoms with E-state index in [4.69, 9.17) is 13.9 Å². The third kappa shape index (κ3) is 4.84. The number of thiazole rings is 1. The van der Waals surface area contributed by atoms with Crippen LogP contribution in [0.1, 0.15) is 31.2 Å². The highest BCUT2D eigenvalue weighted by Crippen LogP contribution is 2.34. The highest BCUT2D eigenvalue weighted by molar-refractivity contribution is 7.07. The summed E-state index contributed by atoms with van der Waals surface area (Å²) < 4.78 is 31.5. The molecular weight excluding hydrogens is 541 g/mol. The van der Waals surface area contributed by atoms with E-state index in [1.54, 1.807) is 32.0 Å². The highest BCUT2D eigenvalue weighted by Gasteiger charge is 2.33. The summed E-state index contributed by atoms with van der Waals surface area (Å²) in [6, 6.07) is 12.2. The van der Waals surface area contributed by atoms with E-state index in [1.165, 1.54) is 54.2 Å². The minimum Gasteiger partial charge on any atom is -0.497 e. The standard InChI is InChI=1S/C28H22FN3O7S/c1-4-38-27(34)24-15(2)30-28-31(25(24)16-5-7-17(29)8-6-16)26(33)23(40-28)14-19-10-12-22(39-19)20-11-9-18(37-3)13-21(20)32(35)36/h5-14,25H,4H2,1-3H3/b23-14-/t25-/m0/s1. The van der Waals surface area contributed by atoms with Gasteiger partial charge < -0.3 is 13.9 Å². The van der Waals surface area contributed by atoms with Crippen LogP contribution in [0.25, 0.3) is 17.4 Å². The molecule has 4 aromatic rings. The molecule has 0 fully saturated rings. The molecule has 0 aliphatic carbocycles. The topological polar surface area (TPSA) is 126 Å². The second kappa shape index (κ2) is 10.7. The molecule has 3 heterocycles. The lowest BCUT2D eigenvalue weighted by Gasteiger charge is -2.24. The highest BCUT2D eigenvalue weighted by atomic mass is 32.1. The molecule has 0 radical (unpaired) electrons. The number of halogens is 1. The number of fused-ring (bicyclic) bond motifs is 1. The van der Waals surface area contributed by atoms with Gasteiger partial charge in [0.2, 0.25) is 0 Å². The first-order chi connectivity index (χ1) is 19.2. The van der Waals surface area contributed by atoms with Gasteiger partial charge in [0.15, 0.2) is 4.80 Å². The lowest BCUT2D eigenvalue weighted by Crippen LogP contribution is -2.39. The van der Waals surface area contributed by atoms with E-state index in [1.807, 2.05) is 0 Å². The van der Waals surface area contributed by atoms with Crippen LogP contribution in [0.4, 0.5) is 10.1 Å². The summed E-state index contributed by atoms with van der Waals surface area (Å²) in [5, 5.41) is 11.6. The summed E-state index contributed by atoms with van der Waals surface area (Å²) in [6.07, 6.45) is 1.51. The Bertz CT molecular complexity index is 1850. The van der Waals surface area contributed by atoms with E-state index in [2.05, 4.69) is 4.99 Å². The smallest absolute Gasteiger partial charge is 0.338 e. The predicted octanol–water partition coefficient (Wildman–Crippen LogP) is 4.11. The van der Waals surface area contributed by atoms with Gasteiger partial charge in [-0.15, -0.1) is 0 Å². The third-order valence-corrected chi connectivity index (χ3v) is 7.25. The lowest BCUT2D eigenvalue weighted by atomic mass is 9.96. The van der Waals surface area contributed by atoms with Crippen LogP contribution < -0.4 is 19.6 Å². The number of nitrogens with zero attached hydrogens (tertiary/aromatic N) is 3. The number of carbonyl (C=O) groups is 1. The normalized spacial score (nSPS) is 15.0. The van der Waals surface area contributed by atoms with Crippen LogP contribution in [-0.4, -0.2) is 29.2 Å². The largest absolute Gasteiger partial charge is 0.497 e. The fourth-order valence-corrected chi connectivity index (χ4v) is 5.48. The Morgan fingerprint density at radius 1 is 1.23 bits per heavy atom. The SMILES string of the molecule is CCOC(=O)C1=C(C)N=c2s/c(=C\c3ccc(-c4ccc(OC)cc4[N+](=O)[O-])o3)c(=O)n2[C@H]1c1ccc(F)cc1. The van der Waals surface area contributed by atoms with Crippen molar-refractivity contribution in [2.24, 2.45) is 4.99 Å². The number of benzene rings is 2. The lowest BCUT2D eigenvalue weighted by molar-refractivity contribution is -0.384. The molecule has 0 bridgehead atoms. The molecule has 0 unspecified atom stereocenters. The van der Waals surface area contributed by atoms with Gasteiger partial charge in [0.25, 0.3) is 11.2 Å². The average Bonchev–Trinajstić information content (AvgIpc) is 3.52. The first-order valence-corrected chi connectivity index (χ1v) is 12.9. The minimum atomic E-state index is -0.882. The number of hydrogen-bond donors (Lipinski definition) is 0. The van der Waals surface area contributed by atoms with Crippen LogP contribution in [0.3, 0.4) is 0 Å². The number of nitro benzene ring substituents is 1. The summed E-state index contributed by atoms with van der Waals surface area (Å²) in [5.74, 6) is -0.232. The van der Waals surface area contributed by atoms with E-state index >= 15 is 0 Å². The van der Waals surface area contributed by atoms with Gasteiger partial charge in [0, 0.05) is 6.08 Å². The maximum Gasteiger partial charge on any atom is 0.338 e. The molecule has 1 atom stereocenters. The monoisotopic (exact) mass is 563 g/mol. The Labute approximate surface area is 230 Å². The number of rotatable bonds is 7. The molecule has 0 saturated carbocycles. The van der Waals surface area contributed by atoms with Crippen molar-refractivity contribution in [2.45, 2.75) is 19.9 Å². The molecule has 2 aromatic heterocycles. The number of carbonyl (C=O) groups excluding carboxylic acids is 1. The van der Waals surface area contributed by atoms with Gasteiger partial charge >= 0.3 is 5.97 Å².